The number of hydrogen-bond acceptors (Lipinski definition) is 2. The molecule has 0 aliphatic carbocycles. The second-order valence-electron chi connectivity index (χ2n) is 6.29. The Kier molecular flexibility index (Phi) is 5.67. The van der Waals surface area contributed by atoms with E-state index in [1.54, 1.807) is 35.2 Å². The van der Waals surface area contributed by atoms with Gasteiger partial charge in [0.05, 0.1) is 0 Å². The number of para-hydroxylation sites is 1. The van der Waals surface area contributed by atoms with Crippen molar-refractivity contribution in [1.29, 1.82) is 0 Å². The van der Waals surface area contributed by atoms with Crippen molar-refractivity contribution in [2.45, 2.75) is 13.8 Å². The van der Waals surface area contributed by atoms with Gasteiger partial charge in [-0.2, -0.15) is 0 Å². The van der Waals surface area contributed by atoms with Crippen LogP contribution < -0.4 is 10.2 Å². The molecule has 0 fully saturated rings. The monoisotopic (exact) mass is 358 g/mol. The highest BCUT2D eigenvalue weighted by Gasteiger charge is 2.16. The van der Waals surface area contributed by atoms with Gasteiger partial charge in [0.25, 0.3) is 11.8 Å². The molecule has 3 rings (SSSR count). The van der Waals surface area contributed by atoms with E-state index in [2.05, 4.69) is 5.32 Å². The molecule has 0 atom stereocenters. The molecule has 1 N–H and O–H groups in total. The SMILES string of the molecule is CCN(C(=O)c1ccc(NC(=O)c2cccc(C)c2)cc1)c1ccccc1. The van der Waals surface area contributed by atoms with Gasteiger partial charge in [0.15, 0.2) is 0 Å². The minimum atomic E-state index is -0.169. The Morgan fingerprint density at radius 2 is 1.56 bits per heavy atom. The molecule has 0 spiro atoms. The Bertz CT molecular complexity index is 934. The van der Waals surface area contributed by atoms with E-state index in [0.29, 0.717) is 23.4 Å². The summed E-state index contributed by atoms with van der Waals surface area (Å²) in [5.41, 5.74) is 3.73. The van der Waals surface area contributed by atoms with Crippen molar-refractivity contribution < 1.29 is 9.59 Å². The highest BCUT2D eigenvalue weighted by Crippen LogP contribution is 2.18. The molecule has 0 saturated carbocycles. The first-order chi connectivity index (χ1) is 13.1. The lowest BCUT2D eigenvalue weighted by atomic mass is 10.1. The Hall–Kier alpha value is -3.40. The van der Waals surface area contributed by atoms with Gasteiger partial charge in [0, 0.05) is 29.0 Å². The number of carbonyl (C=O) groups excluding carboxylic acids is 2. The van der Waals surface area contributed by atoms with Gasteiger partial charge in [-0.15, -0.1) is 0 Å². The van der Waals surface area contributed by atoms with Crippen LogP contribution in [0.4, 0.5) is 11.4 Å². The highest BCUT2D eigenvalue weighted by atomic mass is 16.2. The minimum Gasteiger partial charge on any atom is -0.322 e. The van der Waals surface area contributed by atoms with E-state index in [1.807, 2.05) is 62.4 Å². The fourth-order valence-electron chi connectivity index (χ4n) is 2.89. The zero-order chi connectivity index (χ0) is 19.2. The molecule has 3 aromatic rings. The third-order valence-electron chi connectivity index (χ3n) is 4.30. The predicted molar refractivity (Wildman–Crippen MR) is 109 cm³/mol. The van der Waals surface area contributed by atoms with Crippen LogP contribution in [0, 0.1) is 6.92 Å². The number of rotatable bonds is 5. The lowest BCUT2D eigenvalue weighted by molar-refractivity contribution is 0.0987. The van der Waals surface area contributed by atoms with Crippen LogP contribution in [0.2, 0.25) is 0 Å². The molecule has 0 aromatic heterocycles. The van der Waals surface area contributed by atoms with E-state index in [-0.39, 0.29) is 11.8 Å². The summed E-state index contributed by atoms with van der Waals surface area (Å²) in [6, 6.07) is 24.0. The van der Waals surface area contributed by atoms with E-state index in [9.17, 15) is 9.59 Å². The number of amides is 2. The van der Waals surface area contributed by atoms with Crippen LogP contribution >= 0.6 is 0 Å². The second-order valence-corrected chi connectivity index (χ2v) is 6.29. The van der Waals surface area contributed by atoms with Crippen LogP contribution in [-0.2, 0) is 0 Å². The van der Waals surface area contributed by atoms with Crippen molar-refractivity contribution in [3.05, 3.63) is 95.6 Å². The third kappa shape index (κ3) is 4.42. The summed E-state index contributed by atoms with van der Waals surface area (Å²) in [4.78, 5) is 26.9. The first-order valence-corrected chi connectivity index (χ1v) is 8.93. The first kappa shape index (κ1) is 18.4. The summed E-state index contributed by atoms with van der Waals surface area (Å²) in [6.07, 6.45) is 0. The molecule has 136 valence electrons. The molecule has 0 unspecified atom stereocenters. The standard InChI is InChI=1S/C23H22N2O2/c1-3-25(21-10-5-4-6-11-21)23(27)18-12-14-20(15-13-18)24-22(26)19-9-7-8-17(2)16-19/h4-16H,3H2,1-2H3,(H,24,26). The summed E-state index contributed by atoms with van der Waals surface area (Å²) in [5, 5.41) is 2.86. The fraction of sp³-hybridized carbons (Fsp3) is 0.130. The number of aryl methyl sites for hydroxylation is 1. The number of carbonyl (C=O) groups is 2. The average Bonchev–Trinajstić information content (AvgIpc) is 2.70. The van der Waals surface area contributed by atoms with Crippen LogP contribution in [0.15, 0.2) is 78.9 Å². The predicted octanol–water partition coefficient (Wildman–Crippen LogP) is 4.91. The van der Waals surface area contributed by atoms with E-state index in [4.69, 9.17) is 0 Å². The van der Waals surface area contributed by atoms with Gasteiger partial charge >= 0.3 is 0 Å². The van der Waals surface area contributed by atoms with Gasteiger partial charge in [-0.3, -0.25) is 9.59 Å². The van der Waals surface area contributed by atoms with Crippen molar-refractivity contribution >= 4 is 23.2 Å². The van der Waals surface area contributed by atoms with Crippen LogP contribution in [0.5, 0.6) is 0 Å². The molecular formula is C23H22N2O2. The molecule has 4 heteroatoms. The van der Waals surface area contributed by atoms with Gasteiger partial charge in [-0.1, -0.05) is 35.9 Å². The molecule has 2 amide bonds. The van der Waals surface area contributed by atoms with Gasteiger partial charge in [0.1, 0.15) is 0 Å². The maximum atomic E-state index is 12.8. The number of hydrogen-bond donors (Lipinski definition) is 1. The zero-order valence-electron chi connectivity index (χ0n) is 15.5. The molecule has 0 radical (unpaired) electrons. The molecule has 0 aliphatic heterocycles. The number of nitrogens with zero attached hydrogens (tertiary/aromatic N) is 1. The largest absolute Gasteiger partial charge is 0.322 e. The fourth-order valence-corrected chi connectivity index (χ4v) is 2.89. The van der Waals surface area contributed by atoms with E-state index < -0.39 is 0 Å². The summed E-state index contributed by atoms with van der Waals surface area (Å²) < 4.78 is 0. The van der Waals surface area contributed by atoms with Crippen molar-refractivity contribution in [1.82, 2.24) is 0 Å². The van der Waals surface area contributed by atoms with Crippen LogP contribution in [-0.4, -0.2) is 18.4 Å². The van der Waals surface area contributed by atoms with Gasteiger partial charge in [0.2, 0.25) is 0 Å². The topological polar surface area (TPSA) is 49.4 Å². The first-order valence-electron chi connectivity index (χ1n) is 8.93. The van der Waals surface area contributed by atoms with Crippen LogP contribution in [0.1, 0.15) is 33.2 Å². The summed E-state index contributed by atoms with van der Waals surface area (Å²) in [6.45, 7) is 4.47. The van der Waals surface area contributed by atoms with Gasteiger partial charge < -0.3 is 10.2 Å². The van der Waals surface area contributed by atoms with E-state index in [1.165, 1.54) is 0 Å². The highest BCUT2D eigenvalue weighted by molar-refractivity contribution is 6.07. The van der Waals surface area contributed by atoms with Crippen molar-refractivity contribution in [2.75, 3.05) is 16.8 Å². The maximum absolute atomic E-state index is 12.8. The van der Waals surface area contributed by atoms with Gasteiger partial charge in [-0.05, 0) is 62.4 Å². The maximum Gasteiger partial charge on any atom is 0.258 e. The minimum absolute atomic E-state index is 0.0692. The Morgan fingerprint density at radius 1 is 0.852 bits per heavy atom. The Morgan fingerprint density at radius 3 is 2.19 bits per heavy atom. The van der Waals surface area contributed by atoms with Crippen LogP contribution in [0.25, 0.3) is 0 Å². The average molecular weight is 358 g/mol. The molecule has 3 aromatic carbocycles. The Balaban J connectivity index is 1.73. The lowest BCUT2D eigenvalue weighted by Gasteiger charge is -2.21. The van der Waals surface area contributed by atoms with E-state index >= 15 is 0 Å². The molecular weight excluding hydrogens is 336 g/mol. The molecule has 27 heavy (non-hydrogen) atoms. The molecule has 0 saturated heterocycles. The molecule has 4 nitrogen and oxygen atoms in total. The summed E-state index contributed by atoms with van der Waals surface area (Å²) in [5.74, 6) is -0.238. The number of nitrogens with one attached hydrogen (secondary N) is 1. The zero-order valence-corrected chi connectivity index (χ0v) is 15.5. The summed E-state index contributed by atoms with van der Waals surface area (Å²) >= 11 is 0. The van der Waals surface area contributed by atoms with Crippen molar-refractivity contribution in [2.24, 2.45) is 0 Å². The van der Waals surface area contributed by atoms with Crippen molar-refractivity contribution in [3.63, 3.8) is 0 Å². The normalized spacial score (nSPS) is 10.3. The van der Waals surface area contributed by atoms with Gasteiger partial charge in [-0.25, -0.2) is 0 Å². The molecule has 0 bridgehead atoms. The third-order valence-corrected chi connectivity index (χ3v) is 4.30. The molecule has 0 aliphatic rings. The quantitative estimate of drug-likeness (QED) is 0.704. The number of benzene rings is 3. The molecule has 0 heterocycles. The number of anilines is 2. The van der Waals surface area contributed by atoms with Crippen LogP contribution in [0.3, 0.4) is 0 Å². The van der Waals surface area contributed by atoms with E-state index in [0.717, 1.165) is 11.3 Å². The second kappa shape index (κ2) is 8.32. The summed E-state index contributed by atoms with van der Waals surface area (Å²) in [7, 11) is 0. The smallest absolute Gasteiger partial charge is 0.258 e. The van der Waals surface area contributed by atoms with Crippen molar-refractivity contribution in [3.8, 4) is 0 Å². The lowest BCUT2D eigenvalue weighted by Crippen LogP contribution is -2.30. The Labute approximate surface area is 159 Å².